The molecule has 1 N–H and O–H groups in total. The molecular weight excluding hydrogens is 508 g/mol. The van der Waals surface area contributed by atoms with Crippen LogP contribution < -0.4 is 15.0 Å². The molecule has 3 aromatic carbocycles. The molecule has 0 fully saturated rings. The lowest BCUT2D eigenvalue weighted by Crippen LogP contribution is -2.32. The molecule has 0 unspecified atom stereocenters. The van der Waals surface area contributed by atoms with Crippen LogP contribution in [0.15, 0.2) is 77.5 Å². The topological polar surface area (TPSA) is 102 Å². The normalized spacial score (nSPS) is 13.3. The number of ether oxygens (including phenoxy) is 2. The Morgan fingerprint density at radius 1 is 0.816 bits per heavy atom. The first-order valence-corrected chi connectivity index (χ1v) is 12.2. The van der Waals surface area contributed by atoms with E-state index in [-0.39, 0.29) is 28.1 Å². The number of nitrogens with one attached hydrogen (secondary N) is 1. The minimum Gasteiger partial charge on any atom is -0.459 e. The molecule has 8 nitrogen and oxygen atoms in total. The monoisotopic (exact) mass is 532 g/mol. The molecule has 38 heavy (non-hydrogen) atoms. The molecule has 1 aliphatic heterocycles. The highest BCUT2D eigenvalue weighted by molar-refractivity contribution is 6.53. The van der Waals surface area contributed by atoms with Gasteiger partial charge in [0.2, 0.25) is 0 Å². The summed E-state index contributed by atoms with van der Waals surface area (Å²) in [6.45, 7) is 7.38. The standard InChI is InChI=1S/C29H25ClN2O6/c1-16(2)37-28(35)20-8-12-22(13-9-20)32-26(33)24(30)25(27(32)34)31-21-10-6-19(7-11-21)29(36)38-23-14-5-17(3)18(4)15-23/h5-16,31H,1-4H3. The van der Waals surface area contributed by atoms with Gasteiger partial charge in [-0.05, 0) is 99.5 Å². The quantitative estimate of drug-likeness (QED) is 0.243. The Kier molecular flexibility index (Phi) is 7.64. The van der Waals surface area contributed by atoms with E-state index in [4.69, 9.17) is 21.1 Å². The van der Waals surface area contributed by atoms with Gasteiger partial charge in [-0.2, -0.15) is 0 Å². The van der Waals surface area contributed by atoms with E-state index in [0.717, 1.165) is 16.0 Å². The lowest BCUT2D eigenvalue weighted by Gasteiger charge is -2.16. The molecule has 1 aliphatic rings. The van der Waals surface area contributed by atoms with Gasteiger partial charge in [0.25, 0.3) is 11.8 Å². The summed E-state index contributed by atoms with van der Waals surface area (Å²) < 4.78 is 10.6. The number of carbonyl (C=O) groups excluding carboxylic acids is 4. The largest absolute Gasteiger partial charge is 0.459 e. The van der Waals surface area contributed by atoms with Crippen LogP contribution in [-0.2, 0) is 14.3 Å². The maximum atomic E-state index is 13.1. The Morgan fingerprint density at radius 2 is 1.42 bits per heavy atom. The Balaban J connectivity index is 1.44. The fourth-order valence-corrected chi connectivity index (χ4v) is 3.86. The molecule has 0 aliphatic carbocycles. The lowest BCUT2D eigenvalue weighted by molar-refractivity contribution is -0.120. The van der Waals surface area contributed by atoms with Crippen LogP contribution in [0.3, 0.4) is 0 Å². The van der Waals surface area contributed by atoms with Crippen LogP contribution in [0.4, 0.5) is 11.4 Å². The Morgan fingerprint density at radius 3 is 2.03 bits per heavy atom. The van der Waals surface area contributed by atoms with Crippen LogP contribution in [0.2, 0.25) is 0 Å². The maximum Gasteiger partial charge on any atom is 0.343 e. The summed E-state index contributed by atoms with van der Waals surface area (Å²) in [5.41, 5.74) is 3.28. The fraction of sp³-hybridized carbons (Fsp3) is 0.172. The number of amides is 2. The van der Waals surface area contributed by atoms with Crippen molar-refractivity contribution in [2.75, 3.05) is 10.2 Å². The number of hydrogen-bond acceptors (Lipinski definition) is 7. The van der Waals surface area contributed by atoms with Crippen LogP contribution in [0, 0.1) is 13.8 Å². The zero-order valence-electron chi connectivity index (χ0n) is 21.2. The number of anilines is 2. The second kappa shape index (κ2) is 10.9. The Bertz CT molecular complexity index is 1460. The molecule has 2 amide bonds. The second-order valence-corrected chi connectivity index (χ2v) is 9.35. The van der Waals surface area contributed by atoms with E-state index in [1.54, 1.807) is 38.1 Å². The number of halogens is 1. The van der Waals surface area contributed by atoms with Crippen molar-refractivity contribution in [1.29, 1.82) is 0 Å². The zero-order chi connectivity index (χ0) is 27.6. The fourth-order valence-electron chi connectivity index (χ4n) is 3.65. The summed E-state index contributed by atoms with van der Waals surface area (Å²) in [6.07, 6.45) is -0.280. The van der Waals surface area contributed by atoms with Gasteiger partial charge in [-0.1, -0.05) is 17.7 Å². The average molecular weight is 533 g/mol. The van der Waals surface area contributed by atoms with E-state index >= 15 is 0 Å². The van der Waals surface area contributed by atoms with Gasteiger partial charge in [-0.15, -0.1) is 0 Å². The summed E-state index contributed by atoms with van der Waals surface area (Å²) in [5, 5.41) is 2.58. The van der Waals surface area contributed by atoms with Gasteiger partial charge in [0.15, 0.2) is 0 Å². The molecule has 0 spiro atoms. The van der Waals surface area contributed by atoms with E-state index in [1.165, 1.54) is 36.4 Å². The van der Waals surface area contributed by atoms with Crippen molar-refractivity contribution in [2.45, 2.75) is 33.8 Å². The first-order valence-electron chi connectivity index (χ1n) is 11.8. The van der Waals surface area contributed by atoms with Gasteiger partial charge in [-0.25, -0.2) is 14.5 Å². The molecule has 0 radical (unpaired) electrons. The zero-order valence-corrected chi connectivity index (χ0v) is 22.0. The Hall–Kier alpha value is -4.43. The summed E-state index contributed by atoms with van der Waals surface area (Å²) in [5.74, 6) is -1.96. The van der Waals surface area contributed by atoms with Crippen molar-refractivity contribution in [3.05, 3.63) is 99.7 Å². The third-order valence-corrected chi connectivity index (χ3v) is 6.16. The number of aryl methyl sites for hydroxylation is 2. The van der Waals surface area contributed by atoms with Gasteiger partial charge in [0.05, 0.1) is 22.9 Å². The molecule has 3 aromatic rings. The molecule has 4 rings (SSSR count). The number of nitrogens with zero attached hydrogens (tertiary/aromatic N) is 1. The summed E-state index contributed by atoms with van der Waals surface area (Å²) in [4.78, 5) is 51.3. The smallest absolute Gasteiger partial charge is 0.343 e. The van der Waals surface area contributed by atoms with E-state index in [2.05, 4.69) is 5.32 Å². The van der Waals surface area contributed by atoms with Crippen LogP contribution in [-0.4, -0.2) is 29.9 Å². The molecule has 0 atom stereocenters. The number of benzene rings is 3. The molecule has 0 bridgehead atoms. The number of esters is 2. The number of rotatable bonds is 7. The molecule has 1 heterocycles. The molecule has 0 saturated carbocycles. The molecule has 0 aromatic heterocycles. The van der Waals surface area contributed by atoms with Crippen molar-refractivity contribution in [3.8, 4) is 5.75 Å². The summed E-state index contributed by atoms with van der Waals surface area (Å²) in [7, 11) is 0. The predicted molar refractivity (Wildman–Crippen MR) is 143 cm³/mol. The van der Waals surface area contributed by atoms with E-state index in [9.17, 15) is 19.2 Å². The molecule has 0 saturated heterocycles. The van der Waals surface area contributed by atoms with Crippen molar-refractivity contribution in [3.63, 3.8) is 0 Å². The lowest BCUT2D eigenvalue weighted by atomic mass is 10.1. The van der Waals surface area contributed by atoms with Crippen LogP contribution in [0.25, 0.3) is 0 Å². The molecular formula is C29H25ClN2O6. The van der Waals surface area contributed by atoms with Gasteiger partial charge < -0.3 is 14.8 Å². The summed E-state index contributed by atoms with van der Waals surface area (Å²) >= 11 is 6.21. The minimum atomic E-state index is -0.703. The van der Waals surface area contributed by atoms with Gasteiger partial charge in [0.1, 0.15) is 16.5 Å². The first kappa shape index (κ1) is 26.6. The summed E-state index contributed by atoms with van der Waals surface area (Å²) in [6, 6.07) is 17.5. The van der Waals surface area contributed by atoms with E-state index in [0.29, 0.717) is 17.0 Å². The van der Waals surface area contributed by atoms with Crippen LogP contribution in [0.1, 0.15) is 45.7 Å². The minimum absolute atomic E-state index is 0.106. The van der Waals surface area contributed by atoms with Crippen molar-refractivity contribution in [1.82, 2.24) is 0 Å². The number of hydrogen-bond donors (Lipinski definition) is 1. The maximum absolute atomic E-state index is 13.1. The SMILES string of the molecule is Cc1ccc(OC(=O)c2ccc(NC3=C(Cl)C(=O)N(c4ccc(C(=O)OC(C)C)cc4)C3=O)cc2)cc1C. The Labute approximate surface area is 224 Å². The van der Waals surface area contributed by atoms with E-state index in [1.807, 2.05) is 19.9 Å². The van der Waals surface area contributed by atoms with Gasteiger partial charge >= 0.3 is 11.9 Å². The van der Waals surface area contributed by atoms with Crippen molar-refractivity contribution in [2.24, 2.45) is 0 Å². The van der Waals surface area contributed by atoms with Gasteiger partial charge in [-0.3, -0.25) is 9.59 Å². The van der Waals surface area contributed by atoms with Crippen LogP contribution in [0.5, 0.6) is 5.75 Å². The third-order valence-electron chi connectivity index (χ3n) is 5.81. The molecule has 9 heteroatoms. The third kappa shape index (κ3) is 5.60. The van der Waals surface area contributed by atoms with Crippen molar-refractivity contribution >= 4 is 46.7 Å². The molecule has 194 valence electrons. The second-order valence-electron chi connectivity index (χ2n) is 8.97. The first-order chi connectivity index (χ1) is 18.0. The number of imide groups is 1. The average Bonchev–Trinajstić information content (AvgIpc) is 3.09. The van der Waals surface area contributed by atoms with Crippen LogP contribution >= 0.6 is 11.6 Å². The predicted octanol–water partition coefficient (Wildman–Crippen LogP) is 5.52. The van der Waals surface area contributed by atoms with E-state index < -0.39 is 23.8 Å². The van der Waals surface area contributed by atoms with Crippen molar-refractivity contribution < 1.29 is 28.7 Å². The highest BCUT2D eigenvalue weighted by Gasteiger charge is 2.39. The highest BCUT2D eigenvalue weighted by Crippen LogP contribution is 2.30. The van der Waals surface area contributed by atoms with Gasteiger partial charge in [0, 0.05) is 5.69 Å². The number of carbonyl (C=O) groups is 4. The highest BCUT2D eigenvalue weighted by atomic mass is 35.5.